The average Bonchev–Trinajstić information content (AvgIpc) is 2.96. The monoisotopic (exact) mass is 598 g/mol. The van der Waals surface area contributed by atoms with Crippen molar-refractivity contribution in [2.24, 2.45) is 5.92 Å². The van der Waals surface area contributed by atoms with Gasteiger partial charge in [-0.1, -0.05) is 123 Å². The molecule has 0 rings (SSSR count). The van der Waals surface area contributed by atoms with Gasteiger partial charge >= 0.3 is 11.9 Å². The molecule has 0 saturated heterocycles. The van der Waals surface area contributed by atoms with Crippen LogP contribution in [0.25, 0.3) is 0 Å². The molecule has 0 aliphatic heterocycles. The van der Waals surface area contributed by atoms with Gasteiger partial charge in [0.25, 0.3) is 0 Å². The number of carbonyl (C=O) groups excluding carboxylic acids is 2. The van der Waals surface area contributed by atoms with Gasteiger partial charge in [-0.3, -0.25) is 9.59 Å². The fourth-order valence-corrected chi connectivity index (χ4v) is 4.82. The Labute approximate surface area is 257 Å². The number of hydrogen-bond acceptors (Lipinski definition) is 7. The van der Waals surface area contributed by atoms with E-state index >= 15 is 0 Å². The van der Waals surface area contributed by atoms with Gasteiger partial charge < -0.3 is 24.8 Å². The number of unbranched alkanes of at least 4 members (excludes halogenated alkanes) is 14. The van der Waals surface area contributed by atoms with Crippen molar-refractivity contribution in [1.82, 2.24) is 0 Å². The quantitative estimate of drug-likeness (QED) is 0.0436. The van der Waals surface area contributed by atoms with Crippen LogP contribution in [0.3, 0.4) is 0 Å². The number of aliphatic hydroxyl groups excluding tert-OH is 3. The number of allylic oxidation sites excluding steroid dienone is 1. The Hall–Kier alpha value is -1.44. The Morgan fingerprint density at radius 1 is 0.595 bits per heavy atom. The Morgan fingerprint density at radius 3 is 1.57 bits per heavy atom. The van der Waals surface area contributed by atoms with Crippen LogP contribution in [0.1, 0.15) is 162 Å². The van der Waals surface area contributed by atoms with Crippen molar-refractivity contribution in [3.05, 3.63) is 12.2 Å². The highest BCUT2D eigenvalue weighted by Crippen LogP contribution is 2.14. The zero-order valence-electron chi connectivity index (χ0n) is 27.4. The Bertz CT molecular complexity index is 649. The molecule has 0 heterocycles. The maximum atomic E-state index is 11.9. The second-order valence-corrected chi connectivity index (χ2v) is 12.4. The molecule has 0 unspecified atom stereocenters. The van der Waals surface area contributed by atoms with Gasteiger partial charge in [0.15, 0.2) is 0 Å². The molecule has 0 aromatic rings. The minimum atomic E-state index is -1.01. The highest BCUT2D eigenvalue weighted by molar-refractivity contribution is 5.69. The summed E-state index contributed by atoms with van der Waals surface area (Å²) in [5.74, 6) is 0.123. The summed E-state index contributed by atoms with van der Waals surface area (Å²) >= 11 is 0. The second kappa shape index (κ2) is 29.6. The van der Waals surface area contributed by atoms with Crippen LogP contribution in [0.5, 0.6) is 0 Å². The SMILES string of the molecule is CCCCC/C=C\C[C@@H](O)[C@H](O)CCCCCCCC(=O)OC[C@@H](O)COC(=O)CCCCCCCCCCC(C)C. The molecule has 0 amide bonds. The molecule has 42 heavy (non-hydrogen) atoms. The molecule has 0 fully saturated rings. The molecule has 0 aliphatic carbocycles. The number of esters is 2. The number of ether oxygens (including phenoxy) is 2. The third-order valence-electron chi connectivity index (χ3n) is 7.63. The minimum Gasteiger partial charge on any atom is -0.463 e. The van der Waals surface area contributed by atoms with Gasteiger partial charge in [0, 0.05) is 12.8 Å². The fraction of sp³-hybridized carbons (Fsp3) is 0.886. The lowest BCUT2D eigenvalue weighted by molar-refractivity contribution is -0.152. The van der Waals surface area contributed by atoms with Gasteiger partial charge in [-0.15, -0.1) is 0 Å². The van der Waals surface area contributed by atoms with Crippen molar-refractivity contribution >= 4 is 11.9 Å². The number of aliphatic hydroxyl groups is 3. The Kier molecular flexibility index (Phi) is 28.6. The van der Waals surface area contributed by atoms with Crippen molar-refractivity contribution in [3.8, 4) is 0 Å². The van der Waals surface area contributed by atoms with E-state index in [0.29, 0.717) is 25.7 Å². The normalized spacial score (nSPS) is 13.9. The first kappa shape index (κ1) is 40.6. The molecular weight excluding hydrogens is 532 g/mol. The van der Waals surface area contributed by atoms with Gasteiger partial charge in [-0.25, -0.2) is 0 Å². The molecule has 7 heteroatoms. The predicted octanol–water partition coefficient (Wildman–Crippen LogP) is 7.97. The standard InChI is InChI=1S/C35H66O7/c1-4-5-6-7-14-19-24-32(37)33(38)25-20-15-12-17-22-27-35(40)42-29-31(36)28-41-34(39)26-21-16-11-9-8-10-13-18-23-30(2)3/h14,19,30-33,36-38H,4-13,15-18,20-29H2,1-3H3/b19-14-/t31-,32+,33+/m0/s1. The van der Waals surface area contributed by atoms with Gasteiger partial charge in [-0.05, 0) is 44.4 Å². The molecule has 0 saturated carbocycles. The average molecular weight is 599 g/mol. The zero-order chi connectivity index (χ0) is 31.3. The Balaban J connectivity index is 3.59. The maximum absolute atomic E-state index is 11.9. The summed E-state index contributed by atoms with van der Waals surface area (Å²) in [6.45, 7) is 6.39. The summed E-state index contributed by atoms with van der Waals surface area (Å²) in [5, 5.41) is 30.1. The first-order chi connectivity index (χ1) is 20.3. The van der Waals surface area contributed by atoms with Crippen molar-refractivity contribution in [3.63, 3.8) is 0 Å². The summed E-state index contributed by atoms with van der Waals surface area (Å²) in [6, 6.07) is 0. The number of rotatable bonds is 30. The van der Waals surface area contributed by atoms with E-state index in [9.17, 15) is 24.9 Å². The molecule has 3 atom stereocenters. The number of carbonyl (C=O) groups is 2. The van der Waals surface area contributed by atoms with E-state index < -0.39 is 18.3 Å². The van der Waals surface area contributed by atoms with Gasteiger partial charge in [0.1, 0.15) is 19.3 Å². The predicted molar refractivity (Wildman–Crippen MR) is 171 cm³/mol. The van der Waals surface area contributed by atoms with E-state index in [4.69, 9.17) is 9.47 Å². The highest BCUT2D eigenvalue weighted by atomic mass is 16.6. The van der Waals surface area contributed by atoms with Crippen LogP contribution >= 0.6 is 0 Å². The van der Waals surface area contributed by atoms with Crippen molar-refractivity contribution in [2.45, 2.75) is 180 Å². The maximum Gasteiger partial charge on any atom is 0.305 e. The summed E-state index contributed by atoms with van der Waals surface area (Å²) in [4.78, 5) is 23.8. The van der Waals surface area contributed by atoms with Crippen LogP contribution in [-0.4, -0.2) is 58.8 Å². The lowest BCUT2D eigenvalue weighted by Crippen LogP contribution is -2.25. The molecule has 0 aromatic heterocycles. The topological polar surface area (TPSA) is 113 Å². The number of hydrogen-bond donors (Lipinski definition) is 3. The first-order valence-corrected chi connectivity index (χ1v) is 17.3. The van der Waals surface area contributed by atoms with Crippen LogP contribution < -0.4 is 0 Å². The zero-order valence-corrected chi connectivity index (χ0v) is 27.4. The summed E-state index contributed by atoms with van der Waals surface area (Å²) < 4.78 is 10.2. The summed E-state index contributed by atoms with van der Waals surface area (Å²) in [6.07, 6.45) is 23.0. The van der Waals surface area contributed by atoms with Gasteiger partial charge in [-0.2, -0.15) is 0 Å². The van der Waals surface area contributed by atoms with Gasteiger partial charge in [0.05, 0.1) is 12.2 Å². The first-order valence-electron chi connectivity index (χ1n) is 17.3. The second-order valence-electron chi connectivity index (χ2n) is 12.4. The van der Waals surface area contributed by atoms with Crippen LogP contribution in [0.15, 0.2) is 12.2 Å². The highest BCUT2D eigenvalue weighted by Gasteiger charge is 2.14. The summed E-state index contributed by atoms with van der Waals surface area (Å²) in [5.41, 5.74) is 0. The van der Waals surface area contributed by atoms with E-state index in [2.05, 4.69) is 26.8 Å². The van der Waals surface area contributed by atoms with E-state index in [1.807, 2.05) is 6.08 Å². The molecule has 7 nitrogen and oxygen atoms in total. The summed E-state index contributed by atoms with van der Waals surface area (Å²) in [7, 11) is 0. The lowest BCUT2D eigenvalue weighted by Gasteiger charge is -2.16. The Morgan fingerprint density at radius 2 is 1.07 bits per heavy atom. The molecule has 3 N–H and O–H groups in total. The van der Waals surface area contributed by atoms with Crippen LogP contribution in [0.4, 0.5) is 0 Å². The smallest absolute Gasteiger partial charge is 0.305 e. The third kappa shape index (κ3) is 28.7. The van der Waals surface area contributed by atoms with Crippen LogP contribution in [-0.2, 0) is 19.1 Å². The van der Waals surface area contributed by atoms with Gasteiger partial charge in [0.2, 0.25) is 0 Å². The van der Waals surface area contributed by atoms with Crippen LogP contribution in [0.2, 0.25) is 0 Å². The fourth-order valence-electron chi connectivity index (χ4n) is 4.82. The molecule has 0 bridgehead atoms. The van der Waals surface area contributed by atoms with Crippen LogP contribution in [0, 0.1) is 5.92 Å². The largest absolute Gasteiger partial charge is 0.463 e. The molecule has 0 radical (unpaired) electrons. The molecule has 0 aromatic carbocycles. The van der Waals surface area contributed by atoms with Crippen molar-refractivity contribution in [2.75, 3.05) is 13.2 Å². The molecule has 0 aliphatic rings. The molecule has 0 spiro atoms. The van der Waals surface area contributed by atoms with E-state index in [0.717, 1.165) is 57.3 Å². The van der Waals surface area contributed by atoms with Crippen molar-refractivity contribution < 1.29 is 34.4 Å². The van der Waals surface area contributed by atoms with E-state index in [-0.39, 0.29) is 31.6 Å². The van der Waals surface area contributed by atoms with E-state index in [1.165, 1.54) is 57.8 Å². The third-order valence-corrected chi connectivity index (χ3v) is 7.63. The van der Waals surface area contributed by atoms with Crippen molar-refractivity contribution in [1.29, 1.82) is 0 Å². The molecular formula is C35H66O7. The van der Waals surface area contributed by atoms with E-state index in [1.54, 1.807) is 0 Å². The molecule has 248 valence electrons. The lowest BCUT2D eigenvalue weighted by atomic mass is 10.0. The minimum absolute atomic E-state index is 0.154.